The van der Waals surface area contributed by atoms with Gasteiger partial charge in [0, 0.05) is 14.1 Å². The zero-order valence-electron chi connectivity index (χ0n) is 5.13. The number of hydrogen-bond donors (Lipinski definition) is 0. The van der Waals surface area contributed by atoms with Crippen LogP contribution in [-0.2, 0) is 14.1 Å². The first kappa shape index (κ1) is 6.35. The summed E-state index contributed by atoms with van der Waals surface area (Å²) in [6.07, 6.45) is 0. The van der Waals surface area contributed by atoms with Crippen LogP contribution in [0.15, 0.2) is 4.79 Å². The third-order valence-corrected chi connectivity index (χ3v) is 1.40. The fraction of sp³-hybridized carbons (Fsp3) is 0.500. The van der Waals surface area contributed by atoms with Gasteiger partial charge in [-0.25, -0.2) is 9.48 Å². The number of halogens is 1. The van der Waals surface area contributed by atoms with Crippen molar-refractivity contribution < 1.29 is 0 Å². The Labute approximate surface area is 56.7 Å². The maximum absolute atomic E-state index is 10.8. The molecule has 0 aromatic carbocycles. The zero-order chi connectivity index (χ0) is 7.02. The molecule has 1 aromatic heterocycles. The van der Waals surface area contributed by atoms with Gasteiger partial charge in [-0.15, -0.1) is 5.10 Å². The highest BCUT2D eigenvalue weighted by Gasteiger charge is 2.01. The summed E-state index contributed by atoms with van der Waals surface area (Å²) in [6, 6.07) is 0. The van der Waals surface area contributed by atoms with Gasteiger partial charge in [0.2, 0.25) is 5.28 Å². The lowest BCUT2D eigenvalue weighted by Gasteiger charge is -1.82. The van der Waals surface area contributed by atoms with Crippen LogP contribution < -0.4 is 5.69 Å². The summed E-state index contributed by atoms with van der Waals surface area (Å²) in [7, 11) is 3.12. The van der Waals surface area contributed by atoms with Crippen molar-refractivity contribution >= 4 is 11.6 Å². The monoisotopic (exact) mass is 147 g/mol. The van der Waals surface area contributed by atoms with Crippen LogP contribution in [0.25, 0.3) is 0 Å². The fourth-order valence-corrected chi connectivity index (χ4v) is 0.715. The summed E-state index contributed by atoms with van der Waals surface area (Å²) in [5, 5.41) is 3.85. The Morgan fingerprint density at radius 3 is 2.22 bits per heavy atom. The van der Waals surface area contributed by atoms with E-state index in [0.717, 1.165) is 0 Å². The largest absolute Gasteiger partial charge is 0.346 e. The quantitative estimate of drug-likeness (QED) is 0.509. The van der Waals surface area contributed by atoms with Crippen LogP contribution in [-0.4, -0.2) is 14.3 Å². The van der Waals surface area contributed by atoms with E-state index < -0.39 is 0 Å². The van der Waals surface area contributed by atoms with Gasteiger partial charge in [-0.2, -0.15) is 0 Å². The number of nitrogens with zero attached hydrogens (tertiary/aromatic N) is 3. The molecule has 0 amide bonds. The summed E-state index contributed by atoms with van der Waals surface area (Å²) in [4.78, 5) is 10.8. The van der Waals surface area contributed by atoms with Crippen molar-refractivity contribution in [3.05, 3.63) is 15.8 Å². The first-order chi connectivity index (χ1) is 4.13. The van der Waals surface area contributed by atoms with E-state index in [1.807, 2.05) is 0 Å². The molecular formula is C4H6ClN3O. The SMILES string of the molecule is Cn1nc(Cl)n(C)c1=O. The second-order valence-corrected chi connectivity index (χ2v) is 2.07. The Bertz CT molecular complexity index is 274. The van der Waals surface area contributed by atoms with Gasteiger partial charge in [-0.1, -0.05) is 0 Å². The predicted molar refractivity (Wildman–Crippen MR) is 33.5 cm³/mol. The summed E-state index contributed by atoms with van der Waals surface area (Å²) in [6.45, 7) is 0. The highest BCUT2D eigenvalue weighted by molar-refractivity contribution is 6.28. The molecule has 4 nitrogen and oxygen atoms in total. The molecule has 0 spiro atoms. The molecule has 1 rings (SSSR count). The van der Waals surface area contributed by atoms with Crippen molar-refractivity contribution in [3.63, 3.8) is 0 Å². The first-order valence-electron chi connectivity index (χ1n) is 2.38. The highest BCUT2D eigenvalue weighted by Crippen LogP contribution is 1.95. The number of aryl methyl sites for hydroxylation is 1. The van der Waals surface area contributed by atoms with E-state index in [9.17, 15) is 4.79 Å². The third-order valence-electron chi connectivity index (χ3n) is 1.07. The van der Waals surface area contributed by atoms with Crippen LogP contribution in [0.2, 0.25) is 5.28 Å². The van der Waals surface area contributed by atoms with Crippen molar-refractivity contribution in [2.45, 2.75) is 0 Å². The predicted octanol–water partition coefficient (Wildman–Crippen LogP) is -0.228. The Balaban J connectivity index is 3.48. The van der Waals surface area contributed by atoms with Crippen LogP contribution in [0.4, 0.5) is 0 Å². The number of aromatic nitrogens is 3. The minimum atomic E-state index is -0.208. The van der Waals surface area contributed by atoms with E-state index in [2.05, 4.69) is 5.10 Å². The molecule has 0 unspecified atom stereocenters. The molecule has 0 N–H and O–H groups in total. The number of rotatable bonds is 0. The summed E-state index contributed by atoms with van der Waals surface area (Å²) < 4.78 is 2.45. The topological polar surface area (TPSA) is 39.8 Å². The average Bonchev–Trinajstić information content (AvgIpc) is 1.98. The molecular weight excluding hydrogens is 142 g/mol. The van der Waals surface area contributed by atoms with Gasteiger partial charge >= 0.3 is 5.69 Å². The van der Waals surface area contributed by atoms with Crippen molar-refractivity contribution in [3.8, 4) is 0 Å². The molecule has 0 aliphatic rings. The molecule has 0 radical (unpaired) electrons. The van der Waals surface area contributed by atoms with E-state index in [-0.39, 0.29) is 11.0 Å². The van der Waals surface area contributed by atoms with Crippen LogP contribution in [0.1, 0.15) is 0 Å². The smallest absolute Gasteiger partial charge is 0.269 e. The van der Waals surface area contributed by atoms with Crippen molar-refractivity contribution in [1.82, 2.24) is 14.3 Å². The summed E-state index contributed by atoms with van der Waals surface area (Å²) in [5.41, 5.74) is -0.208. The van der Waals surface area contributed by atoms with Gasteiger partial charge in [-0.05, 0) is 11.6 Å². The normalized spacial score (nSPS) is 10.1. The van der Waals surface area contributed by atoms with Gasteiger partial charge < -0.3 is 0 Å². The molecule has 0 fully saturated rings. The average molecular weight is 148 g/mol. The lowest BCUT2D eigenvalue weighted by molar-refractivity contribution is 0.714. The highest BCUT2D eigenvalue weighted by atomic mass is 35.5. The second-order valence-electron chi connectivity index (χ2n) is 1.73. The van der Waals surface area contributed by atoms with Gasteiger partial charge in [-0.3, -0.25) is 4.57 Å². The maximum Gasteiger partial charge on any atom is 0.346 e. The Morgan fingerprint density at radius 1 is 1.56 bits per heavy atom. The summed E-state index contributed by atoms with van der Waals surface area (Å²) in [5.74, 6) is 0. The van der Waals surface area contributed by atoms with E-state index in [0.29, 0.717) is 0 Å². The van der Waals surface area contributed by atoms with Gasteiger partial charge in [0.1, 0.15) is 0 Å². The van der Waals surface area contributed by atoms with Crippen molar-refractivity contribution in [2.24, 2.45) is 14.1 Å². The van der Waals surface area contributed by atoms with Crippen molar-refractivity contribution in [2.75, 3.05) is 0 Å². The molecule has 0 aliphatic heterocycles. The van der Waals surface area contributed by atoms with Crippen LogP contribution in [0, 0.1) is 0 Å². The molecule has 0 atom stereocenters. The third kappa shape index (κ3) is 0.853. The van der Waals surface area contributed by atoms with Crippen LogP contribution >= 0.6 is 11.6 Å². The van der Waals surface area contributed by atoms with Gasteiger partial charge in [0.15, 0.2) is 0 Å². The minimum absolute atomic E-state index is 0.208. The second kappa shape index (κ2) is 1.88. The maximum atomic E-state index is 10.8. The Morgan fingerprint density at radius 2 is 2.11 bits per heavy atom. The van der Waals surface area contributed by atoms with Gasteiger partial charge in [0.25, 0.3) is 0 Å². The molecule has 0 aliphatic carbocycles. The molecule has 5 heteroatoms. The van der Waals surface area contributed by atoms with Crippen LogP contribution in [0.5, 0.6) is 0 Å². The fourth-order valence-electron chi connectivity index (χ4n) is 0.530. The molecule has 0 saturated heterocycles. The molecule has 0 bridgehead atoms. The van der Waals surface area contributed by atoms with E-state index in [4.69, 9.17) is 11.6 Å². The molecule has 1 heterocycles. The van der Waals surface area contributed by atoms with E-state index >= 15 is 0 Å². The standard InChI is InChI=1S/C4H6ClN3O/c1-7-3(5)6-8(2)4(7)9/h1-2H3. The molecule has 9 heavy (non-hydrogen) atoms. The van der Waals surface area contributed by atoms with Crippen molar-refractivity contribution in [1.29, 1.82) is 0 Å². The Hall–Kier alpha value is -0.770. The van der Waals surface area contributed by atoms with Gasteiger partial charge in [0.05, 0.1) is 0 Å². The van der Waals surface area contributed by atoms with E-state index in [1.165, 1.54) is 9.25 Å². The first-order valence-corrected chi connectivity index (χ1v) is 2.76. The summed E-state index contributed by atoms with van der Waals surface area (Å²) >= 11 is 5.47. The van der Waals surface area contributed by atoms with E-state index in [1.54, 1.807) is 14.1 Å². The Kier molecular flexibility index (Phi) is 1.32. The minimum Gasteiger partial charge on any atom is -0.269 e. The lowest BCUT2D eigenvalue weighted by Crippen LogP contribution is -2.19. The molecule has 50 valence electrons. The zero-order valence-corrected chi connectivity index (χ0v) is 5.88. The van der Waals surface area contributed by atoms with Crippen LogP contribution in [0.3, 0.4) is 0 Å². The number of hydrogen-bond acceptors (Lipinski definition) is 2. The molecule has 1 aromatic rings. The lowest BCUT2D eigenvalue weighted by atomic mass is 11.0. The molecule has 0 saturated carbocycles.